The fraction of sp³-hybridized carbons (Fsp3) is 0.750. The molecule has 2 aliphatic carbocycles. The van der Waals surface area contributed by atoms with Crippen molar-refractivity contribution in [2.75, 3.05) is 5.75 Å². The van der Waals surface area contributed by atoms with Crippen molar-refractivity contribution in [1.82, 2.24) is 14.8 Å². The van der Waals surface area contributed by atoms with Crippen molar-refractivity contribution in [3.05, 3.63) is 5.82 Å². The maximum Gasteiger partial charge on any atom is 0.313 e. The van der Waals surface area contributed by atoms with Crippen LogP contribution in [0.4, 0.5) is 0 Å². The molecule has 18 heavy (non-hydrogen) atoms. The summed E-state index contributed by atoms with van der Waals surface area (Å²) in [6.07, 6.45) is 3.66. The van der Waals surface area contributed by atoms with E-state index in [2.05, 4.69) is 21.7 Å². The van der Waals surface area contributed by atoms with Crippen molar-refractivity contribution < 1.29 is 9.90 Å². The molecule has 0 aliphatic heterocycles. The molecule has 0 saturated heterocycles. The average Bonchev–Trinajstić information content (AvgIpc) is 3.21. The Hall–Kier alpha value is -1.04. The molecule has 0 radical (unpaired) electrons. The van der Waals surface area contributed by atoms with Crippen LogP contribution in [0.5, 0.6) is 0 Å². The highest BCUT2D eigenvalue weighted by Crippen LogP contribution is 2.43. The lowest BCUT2D eigenvalue weighted by Gasteiger charge is -2.08. The zero-order valence-corrected chi connectivity index (χ0v) is 11.2. The second-order valence-corrected chi connectivity index (χ2v) is 6.32. The first-order chi connectivity index (χ1) is 8.65. The van der Waals surface area contributed by atoms with E-state index in [1.807, 2.05) is 0 Å². The third kappa shape index (κ3) is 2.53. The maximum absolute atomic E-state index is 10.6. The molecule has 0 bridgehead atoms. The molecule has 6 heteroatoms. The zero-order valence-electron chi connectivity index (χ0n) is 10.4. The molecule has 0 aromatic carbocycles. The van der Waals surface area contributed by atoms with Crippen LogP contribution >= 0.6 is 11.8 Å². The Morgan fingerprint density at radius 3 is 2.78 bits per heavy atom. The first-order valence-corrected chi connectivity index (χ1v) is 7.41. The Kier molecular flexibility index (Phi) is 3.05. The van der Waals surface area contributed by atoms with Gasteiger partial charge in [-0.2, -0.15) is 0 Å². The van der Waals surface area contributed by atoms with E-state index >= 15 is 0 Å². The van der Waals surface area contributed by atoms with Crippen molar-refractivity contribution in [2.45, 2.75) is 43.8 Å². The lowest BCUT2D eigenvalue weighted by Crippen LogP contribution is -2.08. The molecule has 2 atom stereocenters. The van der Waals surface area contributed by atoms with Crippen LogP contribution in [0.25, 0.3) is 0 Å². The molecule has 2 unspecified atom stereocenters. The van der Waals surface area contributed by atoms with Crippen LogP contribution in [0.3, 0.4) is 0 Å². The summed E-state index contributed by atoms with van der Waals surface area (Å²) in [5, 5.41) is 18.0. The third-order valence-corrected chi connectivity index (χ3v) is 4.66. The molecule has 98 valence electrons. The maximum atomic E-state index is 10.6. The summed E-state index contributed by atoms with van der Waals surface area (Å²) in [6.45, 7) is 3.22. The average molecular weight is 267 g/mol. The van der Waals surface area contributed by atoms with Gasteiger partial charge in [0.25, 0.3) is 0 Å². The Bertz CT molecular complexity index is 470. The number of carbonyl (C=O) groups is 1. The summed E-state index contributed by atoms with van der Waals surface area (Å²) in [4.78, 5) is 10.6. The topological polar surface area (TPSA) is 68.0 Å². The highest BCUT2D eigenvalue weighted by atomic mass is 32.2. The molecular formula is C12H17N3O2S. The fourth-order valence-electron chi connectivity index (χ4n) is 2.24. The molecule has 3 rings (SSSR count). The summed E-state index contributed by atoms with van der Waals surface area (Å²) >= 11 is 1.28. The van der Waals surface area contributed by atoms with E-state index in [0.29, 0.717) is 5.92 Å². The monoisotopic (exact) mass is 267 g/mol. The van der Waals surface area contributed by atoms with Crippen LogP contribution in [0.2, 0.25) is 0 Å². The van der Waals surface area contributed by atoms with Crippen LogP contribution in [0, 0.1) is 11.8 Å². The van der Waals surface area contributed by atoms with Gasteiger partial charge in [-0.3, -0.25) is 4.79 Å². The van der Waals surface area contributed by atoms with Gasteiger partial charge in [-0.25, -0.2) is 0 Å². The predicted octanol–water partition coefficient (Wildman–Crippen LogP) is 1.99. The number of carboxylic acid groups (broad SMARTS) is 1. The minimum absolute atomic E-state index is 0.0586. The normalized spacial score (nSPS) is 26.3. The van der Waals surface area contributed by atoms with Crippen LogP contribution in [-0.2, 0) is 11.3 Å². The highest BCUT2D eigenvalue weighted by molar-refractivity contribution is 7.99. The molecule has 2 aliphatic rings. The largest absolute Gasteiger partial charge is 0.481 e. The predicted molar refractivity (Wildman–Crippen MR) is 67.6 cm³/mol. The number of rotatable bonds is 6. The van der Waals surface area contributed by atoms with Gasteiger partial charge >= 0.3 is 5.97 Å². The number of hydrogen-bond acceptors (Lipinski definition) is 4. The Morgan fingerprint density at radius 2 is 2.22 bits per heavy atom. The van der Waals surface area contributed by atoms with Crippen molar-refractivity contribution >= 4 is 17.7 Å². The Morgan fingerprint density at radius 1 is 1.50 bits per heavy atom. The second-order valence-electron chi connectivity index (χ2n) is 5.38. The summed E-state index contributed by atoms with van der Waals surface area (Å²) in [5.41, 5.74) is 0. The lowest BCUT2D eigenvalue weighted by molar-refractivity contribution is -0.133. The minimum Gasteiger partial charge on any atom is -0.481 e. The van der Waals surface area contributed by atoms with Gasteiger partial charge in [0.2, 0.25) is 0 Å². The van der Waals surface area contributed by atoms with Crippen molar-refractivity contribution in [1.29, 1.82) is 0 Å². The molecule has 1 aromatic rings. The molecule has 2 saturated carbocycles. The summed E-state index contributed by atoms with van der Waals surface area (Å²) < 4.78 is 2.17. The first kappa shape index (κ1) is 12.0. The van der Waals surface area contributed by atoms with E-state index in [-0.39, 0.29) is 5.75 Å². The SMILES string of the molecule is CC1CC1Cn1c(SCC(=O)O)nnc1C1CC1. The van der Waals surface area contributed by atoms with Crippen LogP contribution in [0.15, 0.2) is 5.16 Å². The van der Waals surface area contributed by atoms with Gasteiger partial charge in [0, 0.05) is 12.5 Å². The third-order valence-electron chi connectivity index (χ3n) is 3.71. The van der Waals surface area contributed by atoms with Crippen LogP contribution in [-0.4, -0.2) is 31.6 Å². The minimum atomic E-state index is -0.803. The number of thioether (sulfide) groups is 1. The number of nitrogens with zero attached hydrogens (tertiary/aromatic N) is 3. The number of aromatic nitrogens is 3. The van der Waals surface area contributed by atoms with E-state index in [1.165, 1.54) is 31.0 Å². The number of hydrogen-bond donors (Lipinski definition) is 1. The van der Waals surface area contributed by atoms with E-state index in [0.717, 1.165) is 29.4 Å². The summed E-state index contributed by atoms with van der Waals surface area (Å²) in [6, 6.07) is 0. The standard InChI is InChI=1S/C12H17N3O2S/c1-7-4-9(7)5-15-11(8-2-3-8)13-14-12(15)18-6-10(16)17/h7-9H,2-6H2,1H3,(H,16,17). The van der Waals surface area contributed by atoms with Gasteiger partial charge in [0.15, 0.2) is 5.16 Å². The van der Waals surface area contributed by atoms with Gasteiger partial charge in [-0.05, 0) is 31.1 Å². The van der Waals surface area contributed by atoms with Gasteiger partial charge in [0.05, 0.1) is 5.75 Å². The Balaban J connectivity index is 1.76. The first-order valence-electron chi connectivity index (χ1n) is 6.43. The Labute approximate surface area is 110 Å². The lowest BCUT2D eigenvalue weighted by atomic mass is 10.3. The second kappa shape index (κ2) is 4.57. The van der Waals surface area contributed by atoms with E-state index < -0.39 is 5.97 Å². The number of aliphatic carboxylic acids is 1. The van der Waals surface area contributed by atoms with Gasteiger partial charge in [0.1, 0.15) is 5.82 Å². The quantitative estimate of drug-likeness (QED) is 0.798. The number of carboxylic acids is 1. The molecule has 0 spiro atoms. The molecule has 1 aromatic heterocycles. The smallest absolute Gasteiger partial charge is 0.313 e. The van der Waals surface area contributed by atoms with Crippen LogP contribution in [0.1, 0.15) is 37.9 Å². The van der Waals surface area contributed by atoms with E-state index in [4.69, 9.17) is 5.11 Å². The van der Waals surface area contributed by atoms with Gasteiger partial charge < -0.3 is 9.67 Å². The van der Waals surface area contributed by atoms with E-state index in [1.54, 1.807) is 0 Å². The highest BCUT2D eigenvalue weighted by Gasteiger charge is 2.36. The van der Waals surface area contributed by atoms with Crippen molar-refractivity contribution in [3.8, 4) is 0 Å². The molecule has 2 fully saturated rings. The molecular weight excluding hydrogens is 250 g/mol. The molecule has 5 nitrogen and oxygen atoms in total. The fourth-order valence-corrected chi connectivity index (χ4v) is 2.91. The zero-order chi connectivity index (χ0) is 12.7. The summed E-state index contributed by atoms with van der Waals surface area (Å²) in [5.74, 6) is 2.40. The van der Waals surface area contributed by atoms with Crippen molar-refractivity contribution in [2.24, 2.45) is 11.8 Å². The van der Waals surface area contributed by atoms with E-state index in [9.17, 15) is 4.79 Å². The molecule has 1 heterocycles. The molecule has 0 amide bonds. The molecule has 1 N–H and O–H groups in total. The van der Waals surface area contributed by atoms with Gasteiger partial charge in [-0.15, -0.1) is 10.2 Å². The van der Waals surface area contributed by atoms with Crippen LogP contribution < -0.4 is 0 Å². The van der Waals surface area contributed by atoms with Gasteiger partial charge in [-0.1, -0.05) is 18.7 Å². The summed E-state index contributed by atoms with van der Waals surface area (Å²) in [7, 11) is 0. The van der Waals surface area contributed by atoms with Crippen molar-refractivity contribution in [3.63, 3.8) is 0 Å².